The fourth-order valence-electron chi connectivity index (χ4n) is 2.94. The van der Waals surface area contributed by atoms with Gasteiger partial charge in [0.1, 0.15) is 5.78 Å². The minimum atomic E-state index is -0.474. The van der Waals surface area contributed by atoms with Crippen molar-refractivity contribution < 1.29 is 9.59 Å². The van der Waals surface area contributed by atoms with Crippen LogP contribution >= 0.6 is 0 Å². The van der Waals surface area contributed by atoms with Gasteiger partial charge < -0.3 is 11.1 Å². The maximum absolute atomic E-state index is 11.5. The van der Waals surface area contributed by atoms with Crippen LogP contribution in [0.1, 0.15) is 32.1 Å². The zero-order valence-corrected chi connectivity index (χ0v) is 9.45. The number of hydrogen-bond acceptors (Lipinski definition) is 3. The molecule has 3 N–H and O–H groups in total. The summed E-state index contributed by atoms with van der Waals surface area (Å²) in [7, 11) is 0. The molecule has 2 atom stereocenters. The van der Waals surface area contributed by atoms with Crippen LogP contribution in [0.3, 0.4) is 0 Å². The van der Waals surface area contributed by atoms with E-state index in [9.17, 15) is 9.59 Å². The van der Waals surface area contributed by atoms with E-state index in [2.05, 4.69) is 10.2 Å². The molecule has 2 saturated heterocycles. The standard InChI is InChI=1S/C11H19N3O2/c12-11(16)13-4-5-14-8-2-1-3-9(14)7-10(15)6-8/h8-9H,1-7H2,(H3,12,13,16). The molecular formula is C11H19N3O2. The van der Waals surface area contributed by atoms with Crippen molar-refractivity contribution in [2.45, 2.75) is 44.2 Å². The van der Waals surface area contributed by atoms with Crippen LogP contribution in [0.2, 0.25) is 0 Å². The number of hydrogen-bond donors (Lipinski definition) is 2. The predicted octanol–water partition coefficient (Wildman–Crippen LogP) is 0.241. The van der Waals surface area contributed by atoms with Crippen LogP contribution in [0.5, 0.6) is 0 Å². The molecule has 0 aromatic carbocycles. The summed E-state index contributed by atoms with van der Waals surface area (Å²) in [6.45, 7) is 1.39. The predicted molar refractivity (Wildman–Crippen MR) is 60.0 cm³/mol. The average molecular weight is 225 g/mol. The van der Waals surface area contributed by atoms with E-state index in [-0.39, 0.29) is 0 Å². The molecule has 0 saturated carbocycles. The highest BCUT2D eigenvalue weighted by Crippen LogP contribution is 2.31. The van der Waals surface area contributed by atoms with Crippen molar-refractivity contribution in [1.82, 2.24) is 10.2 Å². The number of fused-ring (bicyclic) bond motifs is 2. The van der Waals surface area contributed by atoms with Gasteiger partial charge in [0.15, 0.2) is 0 Å². The number of nitrogens with zero attached hydrogens (tertiary/aromatic N) is 1. The minimum Gasteiger partial charge on any atom is -0.352 e. The second kappa shape index (κ2) is 4.82. The summed E-state index contributed by atoms with van der Waals surface area (Å²) in [4.78, 5) is 24.4. The minimum absolute atomic E-state index is 0.397. The number of carbonyl (C=O) groups is 2. The van der Waals surface area contributed by atoms with E-state index >= 15 is 0 Å². The first-order valence-corrected chi connectivity index (χ1v) is 5.97. The van der Waals surface area contributed by atoms with Crippen LogP contribution in [0.15, 0.2) is 0 Å². The molecular weight excluding hydrogens is 206 g/mol. The van der Waals surface area contributed by atoms with Gasteiger partial charge in [-0.05, 0) is 12.8 Å². The molecule has 0 aliphatic carbocycles. The van der Waals surface area contributed by atoms with Crippen LogP contribution in [0, 0.1) is 0 Å². The lowest BCUT2D eigenvalue weighted by atomic mass is 9.84. The smallest absolute Gasteiger partial charge is 0.312 e. The molecule has 0 aromatic rings. The molecule has 2 aliphatic heterocycles. The zero-order chi connectivity index (χ0) is 11.5. The summed E-state index contributed by atoms with van der Waals surface area (Å²) in [5.41, 5.74) is 5.02. The lowest BCUT2D eigenvalue weighted by Crippen LogP contribution is -2.54. The Balaban J connectivity index is 1.88. The van der Waals surface area contributed by atoms with Gasteiger partial charge in [0.2, 0.25) is 0 Å². The first-order chi connectivity index (χ1) is 7.66. The monoisotopic (exact) mass is 225 g/mol. The largest absolute Gasteiger partial charge is 0.352 e. The molecule has 0 spiro atoms. The summed E-state index contributed by atoms with van der Waals surface area (Å²) < 4.78 is 0. The Labute approximate surface area is 95.3 Å². The molecule has 2 heterocycles. The van der Waals surface area contributed by atoms with E-state index in [1.807, 2.05) is 0 Å². The number of carbonyl (C=O) groups excluding carboxylic acids is 2. The van der Waals surface area contributed by atoms with E-state index in [1.165, 1.54) is 6.42 Å². The highest BCUT2D eigenvalue weighted by Gasteiger charge is 2.36. The summed E-state index contributed by atoms with van der Waals surface area (Å²) in [6, 6.07) is 0.322. The SMILES string of the molecule is NC(=O)NCCN1C2CCCC1CC(=O)C2. The van der Waals surface area contributed by atoms with Crippen LogP contribution in [0.25, 0.3) is 0 Å². The molecule has 2 amide bonds. The molecule has 5 nitrogen and oxygen atoms in total. The molecule has 0 aromatic heterocycles. The van der Waals surface area contributed by atoms with E-state index in [0.29, 0.717) is 37.3 Å². The molecule has 2 bridgehead atoms. The number of primary amides is 1. The van der Waals surface area contributed by atoms with Crippen LogP contribution in [0.4, 0.5) is 4.79 Å². The molecule has 2 fully saturated rings. The number of nitrogens with two attached hydrogens (primary N) is 1. The Morgan fingerprint density at radius 1 is 1.38 bits per heavy atom. The van der Waals surface area contributed by atoms with E-state index in [1.54, 1.807) is 0 Å². The van der Waals surface area contributed by atoms with E-state index < -0.39 is 6.03 Å². The summed E-state index contributed by atoms with van der Waals surface area (Å²) in [5, 5.41) is 2.61. The highest BCUT2D eigenvalue weighted by molar-refractivity contribution is 5.80. The number of rotatable bonds is 3. The maximum atomic E-state index is 11.5. The molecule has 5 heteroatoms. The van der Waals surface area contributed by atoms with Crippen molar-refractivity contribution >= 4 is 11.8 Å². The third-order valence-corrected chi connectivity index (χ3v) is 3.61. The summed E-state index contributed by atoms with van der Waals surface area (Å²) in [6.07, 6.45) is 4.82. The van der Waals surface area contributed by atoms with Crippen LogP contribution in [-0.2, 0) is 4.79 Å². The van der Waals surface area contributed by atoms with Crippen molar-refractivity contribution in [1.29, 1.82) is 0 Å². The lowest BCUT2D eigenvalue weighted by molar-refractivity contribution is -0.127. The molecule has 90 valence electrons. The molecule has 16 heavy (non-hydrogen) atoms. The first kappa shape index (κ1) is 11.4. The molecule has 0 radical (unpaired) electrons. The summed E-state index contributed by atoms with van der Waals surface area (Å²) >= 11 is 0. The Hall–Kier alpha value is -1.10. The first-order valence-electron chi connectivity index (χ1n) is 5.97. The van der Waals surface area contributed by atoms with Gasteiger partial charge in [0.05, 0.1) is 0 Å². The zero-order valence-electron chi connectivity index (χ0n) is 9.45. The van der Waals surface area contributed by atoms with Crippen LogP contribution < -0.4 is 11.1 Å². The van der Waals surface area contributed by atoms with Crippen molar-refractivity contribution in [3.05, 3.63) is 0 Å². The van der Waals surface area contributed by atoms with Gasteiger partial charge in [-0.2, -0.15) is 0 Å². The third-order valence-electron chi connectivity index (χ3n) is 3.61. The van der Waals surface area contributed by atoms with Crippen LogP contribution in [-0.4, -0.2) is 41.9 Å². The van der Waals surface area contributed by atoms with Crippen molar-refractivity contribution in [3.63, 3.8) is 0 Å². The van der Waals surface area contributed by atoms with E-state index in [0.717, 1.165) is 19.4 Å². The van der Waals surface area contributed by atoms with Crippen molar-refractivity contribution in [3.8, 4) is 0 Å². The number of amides is 2. The Kier molecular flexibility index (Phi) is 3.43. The Morgan fingerprint density at radius 2 is 2.00 bits per heavy atom. The highest BCUT2D eigenvalue weighted by atomic mass is 16.2. The molecule has 2 rings (SSSR count). The molecule has 2 unspecified atom stereocenters. The third kappa shape index (κ3) is 2.52. The van der Waals surface area contributed by atoms with E-state index in [4.69, 9.17) is 5.73 Å². The number of ketones is 1. The topological polar surface area (TPSA) is 75.4 Å². The van der Waals surface area contributed by atoms with Gasteiger partial charge in [-0.15, -0.1) is 0 Å². The van der Waals surface area contributed by atoms with Crippen molar-refractivity contribution in [2.24, 2.45) is 5.73 Å². The van der Waals surface area contributed by atoms with Gasteiger partial charge in [0, 0.05) is 38.0 Å². The lowest BCUT2D eigenvalue weighted by Gasteiger charge is -2.45. The number of nitrogens with one attached hydrogen (secondary N) is 1. The number of Topliss-reactive ketones (excluding diaryl/α,β-unsaturated/α-hetero) is 1. The number of piperidine rings is 2. The fourth-order valence-corrected chi connectivity index (χ4v) is 2.94. The fraction of sp³-hybridized carbons (Fsp3) is 0.818. The van der Waals surface area contributed by atoms with Gasteiger partial charge in [-0.25, -0.2) is 4.79 Å². The Bertz CT molecular complexity index is 277. The normalized spacial score (nSPS) is 30.1. The Morgan fingerprint density at radius 3 is 2.56 bits per heavy atom. The second-order valence-electron chi connectivity index (χ2n) is 4.71. The van der Waals surface area contributed by atoms with Crippen molar-refractivity contribution in [2.75, 3.05) is 13.1 Å². The average Bonchev–Trinajstić information content (AvgIpc) is 2.18. The second-order valence-corrected chi connectivity index (χ2v) is 4.71. The quantitative estimate of drug-likeness (QED) is 0.722. The van der Waals surface area contributed by atoms with Gasteiger partial charge in [-0.1, -0.05) is 6.42 Å². The number of urea groups is 1. The van der Waals surface area contributed by atoms with Gasteiger partial charge in [0.25, 0.3) is 0 Å². The van der Waals surface area contributed by atoms with Gasteiger partial charge >= 0.3 is 6.03 Å². The molecule has 2 aliphatic rings. The maximum Gasteiger partial charge on any atom is 0.312 e. The van der Waals surface area contributed by atoms with Gasteiger partial charge in [-0.3, -0.25) is 9.69 Å². The summed E-state index contributed by atoms with van der Waals surface area (Å²) in [5.74, 6) is 0.397.